The Labute approximate surface area is 316 Å². The van der Waals surface area contributed by atoms with Gasteiger partial charge in [0.25, 0.3) is 0 Å². The molecule has 0 aliphatic heterocycles. The molecule has 4 aromatic heterocycles. The molecule has 0 saturated heterocycles. The zero-order valence-corrected chi connectivity index (χ0v) is 38.7. The van der Waals surface area contributed by atoms with Gasteiger partial charge in [-0.15, -0.1) is 0 Å². The third-order valence-corrected chi connectivity index (χ3v) is 4.75. The second-order valence-corrected chi connectivity index (χ2v) is 7.11. The summed E-state index contributed by atoms with van der Waals surface area (Å²) in [5, 5.41) is 44.1. The number of fused-ring (bicyclic) bond motifs is 4. The predicted molar refractivity (Wildman–Crippen MR) is 147 cm³/mol. The smallest absolute Gasteiger partial charge is 0.693 e. The Morgan fingerprint density at radius 1 is 0.318 bits per heavy atom. The van der Waals surface area contributed by atoms with Gasteiger partial charge in [-0.1, -0.05) is 97.1 Å². The molecule has 0 saturated carbocycles. The summed E-state index contributed by atoms with van der Waals surface area (Å²) in [6.45, 7) is 0. The summed E-state index contributed by atoms with van der Waals surface area (Å²) in [4.78, 5) is 0. The second kappa shape index (κ2) is 25.8. The molecule has 0 bridgehead atoms. The Bertz CT molecular complexity index is 1420. The van der Waals surface area contributed by atoms with Crippen molar-refractivity contribution in [1.29, 1.82) is 0 Å². The molecule has 8 rings (SSSR count). The molecule has 6 N–H and O–H groups in total. The van der Waals surface area contributed by atoms with Crippen molar-refractivity contribution < 1.29 is 97.4 Å². The Kier molecular flexibility index (Phi) is 28.3. The van der Waals surface area contributed by atoms with Crippen LogP contribution in [0.5, 0.6) is 0 Å². The summed E-state index contributed by atoms with van der Waals surface area (Å²) in [6, 6.07) is 30.4. The fourth-order valence-corrected chi connectivity index (χ4v) is 3.01. The van der Waals surface area contributed by atoms with E-state index in [4.69, 9.17) is 0 Å². The van der Waals surface area contributed by atoms with Crippen LogP contribution in [0.1, 0.15) is 0 Å². The van der Waals surface area contributed by atoms with E-state index in [0.29, 0.717) is 0 Å². The summed E-state index contributed by atoms with van der Waals surface area (Å²) in [5.74, 6) is 0. The van der Waals surface area contributed by atoms with Gasteiger partial charge in [-0.3, -0.25) is 20.9 Å². The van der Waals surface area contributed by atoms with Crippen LogP contribution in [0.4, 0.5) is 0 Å². The van der Waals surface area contributed by atoms with Gasteiger partial charge in [0.1, 0.15) is 0 Å². The van der Waals surface area contributed by atoms with Gasteiger partial charge >= 0.3 is 19.5 Å². The van der Waals surface area contributed by atoms with E-state index in [1.807, 2.05) is 97.1 Å². The summed E-state index contributed by atoms with van der Waals surface area (Å²) in [5.41, 5.74) is 6.87. The van der Waals surface area contributed by atoms with Gasteiger partial charge in [0.05, 0.1) is 0 Å². The molecular weight excluding hydrogens is 825 g/mol. The van der Waals surface area contributed by atoms with E-state index in [9.17, 15) is 0 Å². The molecule has 4 aromatic carbocycles. The van der Waals surface area contributed by atoms with Crippen LogP contribution in [0, 0.1) is 0 Å². The van der Waals surface area contributed by atoms with Crippen LogP contribution < -0.4 is 20.4 Å². The average molecular weight is 847 g/mol. The predicted octanol–water partition coefficient (Wildman–Crippen LogP) is 4.49. The monoisotopic (exact) mass is 840 g/mol. The first kappa shape index (κ1) is 48.4. The maximum Gasteiger partial charge on any atom is 2.00 e. The van der Waals surface area contributed by atoms with Gasteiger partial charge in [-0.25, -0.2) is 0 Å². The first-order chi connectivity index (χ1) is 17.9. The minimum atomic E-state index is 0. The second-order valence-electron chi connectivity index (χ2n) is 7.11. The number of hydrogen-bond donors (Lipinski definition) is 0. The SMILES string of the molecule is [NH2-].[NH2-].[NH2-].[Zn+2].[Zn].[Zn].[Zn].[Zn].c1ccc2[n-]nnc2c1.c1ccc2[n-]nnc2c1.c1ccc2[n-]nnc2c1.c1ccc2[n-]nnc2c1. The molecule has 4 heterocycles. The molecule has 0 atom stereocenters. The molecule has 0 unspecified atom stereocenters. The third-order valence-electron chi connectivity index (χ3n) is 4.75. The number of aromatic nitrogens is 12. The van der Waals surface area contributed by atoms with Crippen LogP contribution in [0.2, 0.25) is 0 Å². The maximum atomic E-state index is 3.76. The van der Waals surface area contributed by atoms with Crippen molar-refractivity contribution in [3.63, 3.8) is 0 Å². The standard InChI is InChI=1S/4C6H4N3.3H2N.5Zn/c4*1-2-4-6-5(3-1)7-9-8-6;;;;;;;;/h4*1-4H;3*1H2;;;;;/q7*-1;;;;;+2. The van der Waals surface area contributed by atoms with Crippen LogP contribution in [0.15, 0.2) is 97.1 Å². The van der Waals surface area contributed by atoms with Crippen LogP contribution in [0.3, 0.4) is 0 Å². The minimum Gasteiger partial charge on any atom is -0.693 e. The number of nitrogens with zero attached hydrogens (tertiary/aromatic N) is 12. The normalized spacial score (nSPS) is 8.36. The Morgan fingerprint density at radius 2 is 0.500 bits per heavy atom. The first-order valence-electron chi connectivity index (χ1n) is 10.7. The number of nitrogens with two attached hydrogens (primary N) is 3. The largest absolute Gasteiger partial charge is 2.00 e. The van der Waals surface area contributed by atoms with E-state index >= 15 is 0 Å². The van der Waals surface area contributed by atoms with E-state index in [0.717, 1.165) is 44.1 Å². The number of benzene rings is 4. The van der Waals surface area contributed by atoms with Crippen LogP contribution in [-0.2, 0) is 97.4 Å². The van der Waals surface area contributed by atoms with Crippen LogP contribution in [0.25, 0.3) is 62.6 Å². The van der Waals surface area contributed by atoms with Crippen molar-refractivity contribution in [3.8, 4) is 0 Å². The van der Waals surface area contributed by atoms with Gasteiger partial charge in [0.2, 0.25) is 0 Å². The quantitative estimate of drug-likeness (QED) is 0.191. The minimum absolute atomic E-state index is 0. The average Bonchev–Trinajstić information content (AvgIpc) is 3.76. The number of hydrogen-bond acceptors (Lipinski definition) is 8. The van der Waals surface area contributed by atoms with E-state index in [1.165, 1.54) is 0 Å². The molecule has 44 heavy (non-hydrogen) atoms. The van der Waals surface area contributed by atoms with E-state index in [1.54, 1.807) is 0 Å². The van der Waals surface area contributed by atoms with Gasteiger partial charge in [0.15, 0.2) is 0 Å². The molecule has 8 aromatic rings. The maximum absolute atomic E-state index is 3.76. The fraction of sp³-hybridized carbons (Fsp3) is 0. The fourth-order valence-electron chi connectivity index (χ4n) is 3.01. The molecule has 0 spiro atoms. The van der Waals surface area contributed by atoms with Gasteiger partial charge in [-0.2, -0.15) is 0 Å². The molecular formula is C24H22N15Zn5-5. The summed E-state index contributed by atoms with van der Waals surface area (Å²) in [6.07, 6.45) is 0. The summed E-state index contributed by atoms with van der Waals surface area (Å²) >= 11 is 0. The topological polar surface area (TPSA) is 260 Å². The number of rotatable bonds is 0. The van der Waals surface area contributed by atoms with E-state index in [2.05, 4.69) is 61.6 Å². The Morgan fingerprint density at radius 3 is 0.682 bits per heavy atom. The van der Waals surface area contributed by atoms with Gasteiger partial charge in [0, 0.05) is 77.9 Å². The van der Waals surface area contributed by atoms with Crippen LogP contribution in [-0.4, -0.2) is 41.2 Å². The molecule has 208 valence electrons. The van der Waals surface area contributed by atoms with Gasteiger partial charge < -0.3 is 59.2 Å². The van der Waals surface area contributed by atoms with Gasteiger partial charge in [-0.05, 0) is 44.1 Å². The van der Waals surface area contributed by atoms with Crippen molar-refractivity contribution in [2.45, 2.75) is 0 Å². The van der Waals surface area contributed by atoms with Crippen molar-refractivity contribution in [1.82, 2.24) is 61.6 Å². The molecule has 15 nitrogen and oxygen atoms in total. The molecule has 0 radical (unpaired) electrons. The van der Waals surface area contributed by atoms with Crippen molar-refractivity contribution in [2.24, 2.45) is 0 Å². The molecule has 0 fully saturated rings. The zero-order chi connectivity index (χ0) is 24.4. The van der Waals surface area contributed by atoms with Crippen LogP contribution >= 0.6 is 0 Å². The summed E-state index contributed by atoms with van der Waals surface area (Å²) < 4.78 is 0. The van der Waals surface area contributed by atoms with Crippen molar-refractivity contribution >= 4 is 44.1 Å². The molecule has 0 amide bonds. The summed E-state index contributed by atoms with van der Waals surface area (Å²) in [7, 11) is 0. The third kappa shape index (κ3) is 13.6. The van der Waals surface area contributed by atoms with Crippen molar-refractivity contribution in [2.75, 3.05) is 0 Å². The molecule has 0 aliphatic rings. The first-order valence-corrected chi connectivity index (χ1v) is 10.7. The Balaban J connectivity index is -0.000000229. The van der Waals surface area contributed by atoms with E-state index in [-0.39, 0.29) is 116 Å². The van der Waals surface area contributed by atoms with E-state index < -0.39 is 0 Å². The zero-order valence-electron chi connectivity index (χ0n) is 23.9. The molecule has 0 aliphatic carbocycles. The Hall–Kier alpha value is -2.52. The molecule has 20 heteroatoms. The van der Waals surface area contributed by atoms with Crippen molar-refractivity contribution in [3.05, 3.63) is 116 Å².